The van der Waals surface area contributed by atoms with E-state index in [4.69, 9.17) is 0 Å². The summed E-state index contributed by atoms with van der Waals surface area (Å²) >= 11 is 0. The van der Waals surface area contributed by atoms with E-state index < -0.39 is 24.9 Å². The molecule has 0 bridgehead atoms. The zero-order chi connectivity index (χ0) is 14.1. The maximum atomic E-state index is 12.3. The first-order valence-electron chi connectivity index (χ1n) is 6.70. The minimum atomic E-state index is -3.72. The smallest absolute Gasteiger partial charge is 0.228 e. The molecule has 0 amide bonds. The van der Waals surface area contributed by atoms with Gasteiger partial charge in [0.15, 0.2) is 14.9 Å². The molecule has 0 saturated carbocycles. The molecule has 6 nitrogen and oxygen atoms in total. The monoisotopic (exact) mass is 310 g/mol. The second-order valence-electron chi connectivity index (χ2n) is 5.53. The Hall–Kier alpha value is -0.180. The minimum Gasteiger partial charge on any atom is -0.312 e. The summed E-state index contributed by atoms with van der Waals surface area (Å²) in [5.41, 5.74) is 0. The van der Waals surface area contributed by atoms with Crippen molar-refractivity contribution < 1.29 is 16.8 Å². The van der Waals surface area contributed by atoms with Crippen LogP contribution in [0.4, 0.5) is 0 Å². The normalized spacial score (nSPS) is 30.6. The predicted octanol–water partition coefficient (Wildman–Crippen LogP) is -0.0752. The van der Waals surface area contributed by atoms with Crippen molar-refractivity contribution in [3.05, 3.63) is 0 Å². The summed E-state index contributed by atoms with van der Waals surface area (Å²) in [4.78, 5) is 0. The Bertz CT molecular complexity index is 509. The van der Waals surface area contributed by atoms with Gasteiger partial charge in [-0.3, -0.25) is 0 Å². The zero-order valence-corrected chi connectivity index (χ0v) is 12.8. The van der Waals surface area contributed by atoms with Gasteiger partial charge in [0.1, 0.15) is 0 Å². The third-order valence-corrected chi connectivity index (χ3v) is 7.85. The molecule has 8 heteroatoms. The predicted molar refractivity (Wildman–Crippen MR) is 74.0 cm³/mol. The van der Waals surface area contributed by atoms with E-state index in [0.29, 0.717) is 6.54 Å². The fourth-order valence-corrected chi connectivity index (χ4v) is 6.83. The molecule has 2 rings (SSSR count). The lowest BCUT2D eigenvalue weighted by atomic mass is 9.97. The van der Waals surface area contributed by atoms with Gasteiger partial charge >= 0.3 is 0 Å². The highest BCUT2D eigenvalue weighted by atomic mass is 32.3. The van der Waals surface area contributed by atoms with E-state index in [1.54, 1.807) is 0 Å². The molecule has 2 fully saturated rings. The summed E-state index contributed by atoms with van der Waals surface area (Å²) in [6, 6.07) is 0.0950. The highest BCUT2D eigenvalue weighted by Crippen LogP contribution is 2.27. The average Bonchev–Trinajstić information content (AvgIpc) is 2.79. The van der Waals surface area contributed by atoms with Gasteiger partial charge in [-0.2, -0.15) is 4.31 Å². The largest absolute Gasteiger partial charge is 0.312 e. The van der Waals surface area contributed by atoms with Crippen LogP contribution in [0.1, 0.15) is 32.1 Å². The van der Waals surface area contributed by atoms with Crippen molar-refractivity contribution in [1.29, 1.82) is 0 Å². The van der Waals surface area contributed by atoms with Crippen molar-refractivity contribution in [3.8, 4) is 0 Å². The van der Waals surface area contributed by atoms with Crippen LogP contribution in [0.25, 0.3) is 0 Å². The number of rotatable bonds is 4. The first-order chi connectivity index (χ1) is 8.80. The van der Waals surface area contributed by atoms with Gasteiger partial charge in [0, 0.05) is 24.9 Å². The number of hydrogen-bond acceptors (Lipinski definition) is 5. The van der Waals surface area contributed by atoms with Gasteiger partial charge in [-0.25, -0.2) is 16.8 Å². The lowest BCUT2D eigenvalue weighted by molar-refractivity contribution is 0.211. The molecule has 2 heterocycles. The van der Waals surface area contributed by atoms with Crippen LogP contribution in [-0.4, -0.2) is 57.7 Å². The van der Waals surface area contributed by atoms with E-state index in [1.807, 2.05) is 0 Å². The SMILES string of the molecule is CS(=O)(=O)CS(=O)(=O)N1CCCCC1C1CCCN1. The van der Waals surface area contributed by atoms with Crippen LogP contribution in [0.5, 0.6) is 0 Å². The molecule has 0 aliphatic carbocycles. The Morgan fingerprint density at radius 3 is 2.42 bits per heavy atom. The van der Waals surface area contributed by atoms with Gasteiger partial charge in [-0.1, -0.05) is 6.42 Å². The molecule has 2 saturated heterocycles. The third-order valence-electron chi connectivity index (χ3n) is 3.78. The summed E-state index contributed by atoms with van der Waals surface area (Å²) in [6.45, 7) is 1.36. The topological polar surface area (TPSA) is 83.5 Å². The summed E-state index contributed by atoms with van der Waals surface area (Å²) in [7, 11) is -7.25. The molecule has 0 aromatic carbocycles. The second kappa shape index (κ2) is 5.67. The van der Waals surface area contributed by atoms with Gasteiger partial charge in [-0.05, 0) is 32.2 Å². The van der Waals surface area contributed by atoms with Gasteiger partial charge in [0.25, 0.3) is 0 Å². The van der Waals surface area contributed by atoms with Crippen molar-refractivity contribution in [2.45, 2.75) is 44.2 Å². The third kappa shape index (κ3) is 3.90. The van der Waals surface area contributed by atoms with E-state index in [0.717, 1.165) is 44.9 Å². The number of nitrogens with one attached hydrogen (secondary N) is 1. The van der Waals surface area contributed by atoms with Crippen molar-refractivity contribution in [3.63, 3.8) is 0 Å². The lowest BCUT2D eigenvalue weighted by Crippen LogP contribution is -2.53. The van der Waals surface area contributed by atoms with Gasteiger partial charge in [0.05, 0.1) is 0 Å². The molecule has 2 aliphatic rings. The summed E-state index contributed by atoms with van der Waals surface area (Å²) in [5.74, 6) is 0. The molecule has 0 aromatic heterocycles. The van der Waals surface area contributed by atoms with E-state index >= 15 is 0 Å². The first-order valence-corrected chi connectivity index (χ1v) is 10.4. The standard InChI is InChI=1S/C11H22N2O4S2/c1-18(14,15)9-19(16,17)13-8-3-2-6-11(13)10-5-4-7-12-10/h10-12H,2-9H2,1H3. The summed E-state index contributed by atoms with van der Waals surface area (Å²) < 4.78 is 48.6. The number of piperidine rings is 1. The Labute approximate surface area is 115 Å². The molecule has 0 aromatic rings. The van der Waals surface area contributed by atoms with Crippen LogP contribution in [0, 0.1) is 0 Å². The first kappa shape index (κ1) is 15.2. The Morgan fingerprint density at radius 2 is 1.84 bits per heavy atom. The van der Waals surface area contributed by atoms with E-state index in [-0.39, 0.29) is 12.1 Å². The fraction of sp³-hybridized carbons (Fsp3) is 1.00. The quantitative estimate of drug-likeness (QED) is 0.785. The van der Waals surface area contributed by atoms with E-state index in [2.05, 4.69) is 5.32 Å². The fourth-order valence-electron chi connectivity index (χ4n) is 3.06. The molecular formula is C11H22N2O4S2. The highest BCUT2D eigenvalue weighted by Gasteiger charge is 2.39. The molecule has 2 aliphatic heterocycles. The van der Waals surface area contributed by atoms with Gasteiger partial charge in [-0.15, -0.1) is 0 Å². The Morgan fingerprint density at radius 1 is 1.11 bits per heavy atom. The van der Waals surface area contributed by atoms with Crippen molar-refractivity contribution in [1.82, 2.24) is 9.62 Å². The molecule has 112 valence electrons. The van der Waals surface area contributed by atoms with Crippen molar-refractivity contribution >= 4 is 19.9 Å². The van der Waals surface area contributed by atoms with Crippen molar-refractivity contribution in [2.75, 3.05) is 24.4 Å². The van der Waals surface area contributed by atoms with Gasteiger partial charge < -0.3 is 5.32 Å². The zero-order valence-electron chi connectivity index (χ0n) is 11.2. The number of sulfone groups is 1. The molecule has 19 heavy (non-hydrogen) atoms. The highest BCUT2D eigenvalue weighted by molar-refractivity contribution is 8.06. The van der Waals surface area contributed by atoms with Crippen LogP contribution in [0.2, 0.25) is 0 Å². The Balaban J connectivity index is 2.19. The van der Waals surface area contributed by atoms with Crippen LogP contribution >= 0.6 is 0 Å². The number of hydrogen-bond donors (Lipinski definition) is 1. The van der Waals surface area contributed by atoms with Gasteiger partial charge in [0.2, 0.25) is 10.0 Å². The van der Waals surface area contributed by atoms with Crippen LogP contribution < -0.4 is 5.32 Å². The Kier molecular flexibility index (Phi) is 4.54. The summed E-state index contributed by atoms with van der Waals surface area (Å²) in [6.07, 6.45) is 5.63. The molecular weight excluding hydrogens is 288 g/mol. The minimum absolute atomic E-state index is 0.0806. The number of sulfonamides is 1. The molecule has 2 unspecified atom stereocenters. The van der Waals surface area contributed by atoms with Crippen LogP contribution in [-0.2, 0) is 19.9 Å². The van der Waals surface area contributed by atoms with Crippen molar-refractivity contribution in [2.24, 2.45) is 0 Å². The maximum Gasteiger partial charge on any atom is 0.228 e. The molecule has 2 atom stereocenters. The van der Waals surface area contributed by atoms with E-state index in [1.165, 1.54) is 4.31 Å². The maximum absolute atomic E-state index is 12.3. The summed E-state index contributed by atoms with van der Waals surface area (Å²) in [5, 5.41) is 2.56. The molecule has 0 radical (unpaired) electrons. The number of nitrogens with zero attached hydrogens (tertiary/aromatic N) is 1. The van der Waals surface area contributed by atoms with Crippen LogP contribution in [0.15, 0.2) is 0 Å². The van der Waals surface area contributed by atoms with Crippen LogP contribution in [0.3, 0.4) is 0 Å². The average molecular weight is 310 g/mol. The second-order valence-corrected chi connectivity index (χ2v) is 9.96. The molecule has 0 spiro atoms. The van der Waals surface area contributed by atoms with E-state index in [9.17, 15) is 16.8 Å². The lowest BCUT2D eigenvalue weighted by Gasteiger charge is -2.38. The molecule has 1 N–H and O–H groups in total.